The second-order valence-corrected chi connectivity index (χ2v) is 4.97. The molecule has 2 aliphatic heterocycles. The van der Waals surface area contributed by atoms with Gasteiger partial charge in [-0.2, -0.15) is 5.26 Å². The minimum Gasteiger partial charge on any atom is -0.394 e. The van der Waals surface area contributed by atoms with Gasteiger partial charge in [-0.15, -0.1) is 0 Å². The maximum Gasteiger partial charge on any atom is 0.228 e. The molecule has 0 aromatic carbocycles. The van der Waals surface area contributed by atoms with Crippen molar-refractivity contribution >= 4 is 0 Å². The fraction of sp³-hybridized carbons (Fsp3) is 0.909. The largest absolute Gasteiger partial charge is 0.394 e. The van der Waals surface area contributed by atoms with E-state index in [9.17, 15) is 10.2 Å². The minimum atomic E-state index is -1.61. The van der Waals surface area contributed by atoms with Crippen LogP contribution in [0.2, 0.25) is 0 Å². The molecule has 1 unspecified atom stereocenters. The molecule has 2 saturated heterocycles. The van der Waals surface area contributed by atoms with E-state index in [0.717, 1.165) is 0 Å². The molecule has 0 spiro atoms. The second-order valence-electron chi connectivity index (χ2n) is 4.97. The van der Waals surface area contributed by atoms with Crippen LogP contribution in [0.25, 0.3) is 0 Å². The van der Waals surface area contributed by atoms with Gasteiger partial charge in [-0.1, -0.05) is 0 Å². The van der Waals surface area contributed by atoms with Crippen molar-refractivity contribution in [2.75, 3.05) is 6.61 Å². The molecule has 0 bridgehead atoms. The van der Waals surface area contributed by atoms with Crippen molar-refractivity contribution in [2.24, 2.45) is 0 Å². The number of aliphatic hydroxyl groups excluding tert-OH is 3. The van der Waals surface area contributed by atoms with Gasteiger partial charge in [-0.25, -0.2) is 0 Å². The van der Waals surface area contributed by atoms with Crippen LogP contribution in [0.3, 0.4) is 0 Å². The van der Waals surface area contributed by atoms with Gasteiger partial charge in [0.15, 0.2) is 5.79 Å². The number of hydrogen-bond acceptors (Lipinski definition) is 7. The zero-order chi connectivity index (χ0) is 13.6. The van der Waals surface area contributed by atoms with Gasteiger partial charge in [-0.05, 0) is 13.8 Å². The smallest absolute Gasteiger partial charge is 0.228 e. The van der Waals surface area contributed by atoms with Crippen molar-refractivity contribution in [3.63, 3.8) is 0 Å². The number of fused-ring (bicyclic) bond motifs is 1. The molecule has 5 atom stereocenters. The lowest BCUT2D eigenvalue weighted by molar-refractivity contribution is -0.296. The average Bonchev–Trinajstić information content (AvgIpc) is 2.70. The summed E-state index contributed by atoms with van der Waals surface area (Å²) >= 11 is 0. The zero-order valence-electron chi connectivity index (χ0n) is 10.2. The van der Waals surface area contributed by atoms with Gasteiger partial charge in [0.05, 0.1) is 19.1 Å². The Bertz CT molecular complexity index is 367. The van der Waals surface area contributed by atoms with E-state index in [0.29, 0.717) is 0 Å². The normalized spacial score (nSPS) is 43.4. The van der Waals surface area contributed by atoms with Crippen molar-refractivity contribution in [3.8, 4) is 6.07 Å². The molecule has 2 aliphatic rings. The third-order valence-electron chi connectivity index (χ3n) is 3.17. The van der Waals surface area contributed by atoms with Gasteiger partial charge in [0, 0.05) is 0 Å². The first-order valence-corrected chi connectivity index (χ1v) is 5.76. The number of rotatable bonds is 3. The second kappa shape index (κ2) is 4.42. The molecular formula is C11H17NO6. The molecule has 0 aromatic rings. The van der Waals surface area contributed by atoms with E-state index in [1.165, 1.54) is 0 Å². The van der Waals surface area contributed by atoms with E-state index in [4.69, 9.17) is 24.6 Å². The van der Waals surface area contributed by atoms with Crippen LogP contribution in [0.15, 0.2) is 0 Å². The highest BCUT2D eigenvalue weighted by molar-refractivity contribution is 5.07. The Morgan fingerprint density at radius 2 is 2.06 bits per heavy atom. The first kappa shape index (κ1) is 13.7. The summed E-state index contributed by atoms with van der Waals surface area (Å²) in [4.78, 5) is 0. The van der Waals surface area contributed by atoms with Gasteiger partial charge in [0.2, 0.25) is 5.79 Å². The van der Waals surface area contributed by atoms with E-state index >= 15 is 0 Å². The van der Waals surface area contributed by atoms with Crippen LogP contribution in [-0.4, -0.2) is 57.9 Å². The van der Waals surface area contributed by atoms with Crippen molar-refractivity contribution in [3.05, 3.63) is 0 Å². The molecule has 18 heavy (non-hydrogen) atoms. The molecule has 0 radical (unpaired) electrons. The Morgan fingerprint density at radius 3 is 2.61 bits per heavy atom. The summed E-state index contributed by atoms with van der Waals surface area (Å²) in [6, 6.07) is 1.82. The highest BCUT2D eigenvalue weighted by Gasteiger charge is 2.67. The Hall–Kier alpha value is -0.750. The van der Waals surface area contributed by atoms with Crippen molar-refractivity contribution in [1.29, 1.82) is 5.26 Å². The SMILES string of the molecule is CC1(C)O[C@H]2[C@H](O)[C@H](CO)O[C@@]2(C(O)CC#N)O1. The molecule has 3 N–H and O–H groups in total. The fourth-order valence-corrected chi connectivity index (χ4v) is 2.46. The monoisotopic (exact) mass is 259 g/mol. The van der Waals surface area contributed by atoms with Crippen LogP contribution in [-0.2, 0) is 14.2 Å². The maximum atomic E-state index is 10.0. The number of hydrogen-bond donors (Lipinski definition) is 3. The summed E-state index contributed by atoms with van der Waals surface area (Å²) in [5, 5.41) is 37.8. The lowest BCUT2D eigenvalue weighted by Gasteiger charge is -2.31. The Labute approximate surface area is 104 Å². The molecule has 2 fully saturated rings. The van der Waals surface area contributed by atoms with E-state index in [-0.39, 0.29) is 6.42 Å². The first-order chi connectivity index (χ1) is 8.36. The molecule has 7 heteroatoms. The predicted octanol–water partition coefficient (Wildman–Crippen LogP) is -1.14. The lowest BCUT2D eigenvalue weighted by atomic mass is 9.99. The molecular weight excluding hydrogens is 242 g/mol. The summed E-state index contributed by atoms with van der Waals surface area (Å²) in [6.45, 7) is 2.82. The Balaban J connectivity index is 2.31. The van der Waals surface area contributed by atoms with Crippen LogP contribution in [0.5, 0.6) is 0 Å². The van der Waals surface area contributed by atoms with E-state index in [1.807, 2.05) is 6.07 Å². The van der Waals surface area contributed by atoms with Crippen LogP contribution < -0.4 is 0 Å². The number of aliphatic hydroxyl groups is 3. The third kappa shape index (κ3) is 1.91. The van der Waals surface area contributed by atoms with Crippen molar-refractivity contribution in [1.82, 2.24) is 0 Å². The Morgan fingerprint density at radius 1 is 1.39 bits per heavy atom. The zero-order valence-corrected chi connectivity index (χ0v) is 10.2. The molecule has 2 heterocycles. The predicted molar refractivity (Wildman–Crippen MR) is 57.0 cm³/mol. The molecule has 0 amide bonds. The molecule has 0 aliphatic carbocycles. The third-order valence-corrected chi connectivity index (χ3v) is 3.17. The average molecular weight is 259 g/mol. The maximum absolute atomic E-state index is 10.0. The molecule has 7 nitrogen and oxygen atoms in total. The van der Waals surface area contributed by atoms with Gasteiger partial charge in [-0.3, -0.25) is 0 Å². The quantitative estimate of drug-likeness (QED) is 0.587. The van der Waals surface area contributed by atoms with Gasteiger partial charge >= 0.3 is 0 Å². The summed E-state index contributed by atoms with van der Waals surface area (Å²) in [6.07, 6.45) is -4.45. The standard InChI is InChI=1S/C11H17NO6/c1-10(2)17-9-8(15)6(5-13)16-11(9,18-10)7(14)3-4-12/h6-9,13-15H,3,5H2,1-2H3/t6-,7?,8+,9-,11-/m0/s1. The van der Waals surface area contributed by atoms with E-state index < -0.39 is 42.6 Å². The molecule has 102 valence electrons. The Kier molecular flexibility index (Phi) is 3.36. The van der Waals surface area contributed by atoms with Crippen molar-refractivity contribution < 1.29 is 29.5 Å². The number of nitrogens with zero attached hydrogens (tertiary/aromatic N) is 1. The molecule has 0 saturated carbocycles. The topological polar surface area (TPSA) is 112 Å². The fourth-order valence-electron chi connectivity index (χ4n) is 2.46. The summed E-state index contributed by atoms with van der Waals surface area (Å²) < 4.78 is 16.5. The summed E-state index contributed by atoms with van der Waals surface area (Å²) in [7, 11) is 0. The number of ether oxygens (including phenoxy) is 3. The highest BCUT2D eigenvalue weighted by atomic mass is 16.9. The van der Waals surface area contributed by atoms with Crippen LogP contribution >= 0.6 is 0 Å². The van der Waals surface area contributed by atoms with Gasteiger partial charge in [0.1, 0.15) is 24.4 Å². The highest BCUT2D eigenvalue weighted by Crippen LogP contribution is 2.47. The van der Waals surface area contributed by atoms with Gasteiger partial charge < -0.3 is 29.5 Å². The molecule has 0 aromatic heterocycles. The lowest BCUT2D eigenvalue weighted by Crippen LogP contribution is -2.50. The van der Waals surface area contributed by atoms with Crippen molar-refractivity contribution in [2.45, 2.75) is 56.3 Å². The first-order valence-electron chi connectivity index (χ1n) is 5.76. The molecule has 2 rings (SSSR count). The summed E-state index contributed by atoms with van der Waals surface area (Å²) in [5.41, 5.74) is 0. The summed E-state index contributed by atoms with van der Waals surface area (Å²) in [5.74, 6) is -2.64. The van der Waals surface area contributed by atoms with E-state index in [2.05, 4.69) is 0 Å². The van der Waals surface area contributed by atoms with Crippen LogP contribution in [0, 0.1) is 11.3 Å². The van der Waals surface area contributed by atoms with Crippen LogP contribution in [0.1, 0.15) is 20.3 Å². The number of nitriles is 1. The van der Waals surface area contributed by atoms with Gasteiger partial charge in [0.25, 0.3) is 0 Å². The van der Waals surface area contributed by atoms with E-state index in [1.54, 1.807) is 13.8 Å². The minimum absolute atomic E-state index is 0.221. The van der Waals surface area contributed by atoms with Crippen LogP contribution in [0.4, 0.5) is 0 Å².